The highest BCUT2D eigenvalue weighted by molar-refractivity contribution is 6.37. The number of aryl methyl sites for hydroxylation is 1. The number of imide groups is 2. The molecule has 8 heteroatoms. The van der Waals surface area contributed by atoms with Crippen LogP contribution in [-0.2, 0) is 9.59 Å². The first-order chi connectivity index (χ1) is 13.4. The van der Waals surface area contributed by atoms with Crippen LogP contribution in [0.15, 0.2) is 66.3 Å². The molecule has 1 aliphatic heterocycles. The van der Waals surface area contributed by atoms with Gasteiger partial charge in [-0.25, -0.2) is 9.69 Å². The number of nitrogens with one attached hydrogen (secondary N) is 1. The quantitative estimate of drug-likeness (QED) is 0.381. The monoisotopic (exact) mass is 377 g/mol. The lowest BCUT2D eigenvalue weighted by atomic mass is 10.1. The average molecular weight is 377 g/mol. The number of benzene rings is 2. The number of anilines is 1. The zero-order chi connectivity index (χ0) is 20.3. The Balaban J connectivity index is 1.93. The molecule has 1 fully saturated rings. The normalized spacial score (nSPS) is 16.0. The van der Waals surface area contributed by atoms with Crippen molar-refractivity contribution in [2.45, 2.75) is 6.92 Å². The summed E-state index contributed by atoms with van der Waals surface area (Å²) in [6.45, 7) is 1.81. The molecule has 1 saturated heterocycles. The predicted octanol–water partition coefficient (Wildman–Crippen LogP) is 3.13. The summed E-state index contributed by atoms with van der Waals surface area (Å²) in [5, 5.41) is 13.2. The molecule has 2 aromatic rings. The number of rotatable bonds is 4. The Labute approximate surface area is 159 Å². The summed E-state index contributed by atoms with van der Waals surface area (Å²) >= 11 is 0. The second kappa shape index (κ2) is 7.67. The van der Waals surface area contributed by atoms with Gasteiger partial charge in [-0.05, 0) is 42.8 Å². The van der Waals surface area contributed by atoms with Gasteiger partial charge in [0.15, 0.2) is 0 Å². The molecule has 3 rings (SSSR count). The summed E-state index contributed by atoms with van der Waals surface area (Å²) < 4.78 is 0. The van der Waals surface area contributed by atoms with Gasteiger partial charge in [0.1, 0.15) is 5.57 Å². The number of nitrogens with zero attached hydrogens (tertiary/aromatic N) is 2. The van der Waals surface area contributed by atoms with E-state index in [4.69, 9.17) is 0 Å². The van der Waals surface area contributed by atoms with Crippen molar-refractivity contribution >= 4 is 35.3 Å². The number of urea groups is 1. The van der Waals surface area contributed by atoms with E-state index in [9.17, 15) is 24.5 Å². The van der Waals surface area contributed by atoms with E-state index in [1.807, 2.05) is 13.0 Å². The molecule has 0 unspecified atom stereocenters. The van der Waals surface area contributed by atoms with Crippen molar-refractivity contribution in [2.75, 3.05) is 4.90 Å². The minimum absolute atomic E-state index is 0.104. The number of carbonyl (C=O) groups excluding carboxylic acids is 3. The number of amides is 4. The Bertz CT molecular complexity index is 1060. The Hall–Kier alpha value is -4.07. The van der Waals surface area contributed by atoms with Gasteiger partial charge in [0.2, 0.25) is 0 Å². The Morgan fingerprint density at radius 3 is 2.54 bits per heavy atom. The minimum atomic E-state index is -0.833. The second-order valence-corrected chi connectivity index (χ2v) is 5.99. The van der Waals surface area contributed by atoms with Gasteiger partial charge in [-0.15, -0.1) is 0 Å². The molecule has 0 radical (unpaired) electrons. The fourth-order valence-corrected chi connectivity index (χ4v) is 2.72. The first-order valence-corrected chi connectivity index (χ1v) is 8.26. The van der Waals surface area contributed by atoms with Gasteiger partial charge in [0.25, 0.3) is 17.5 Å². The molecule has 0 atom stereocenters. The lowest BCUT2D eigenvalue weighted by molar-refractivity contribution is -0.385. The molecule has 0 saturated carbocycles. The van der Waals surface area contributed by atoms with Crippen molar-refractivity contribution in [3.8, 4) is 0 Å². The molecular weight excluding hydrogens is 362 g/mol. The zero-order valence-electron chi connectivity index (χ0n) is 14.8. The van der Waals surface area contributed by atoms with Gasteiger partial charge in [0, 0.05) is 6.07 Å². The standard InChI is InChI=1S/C20H15N3O5/c1-13-6-4-9-15(12-13)22-19(25)16(18(24)21-20(22)26)10-5-8-14-7-2-3-11-17(14)23(27)28/h2-12H,1H3,(H,21,24,26). The predicted molar refractivity (Wildman–Crippen MR) is 102 cm³/mol. The van der Waals surface area contributed by atoms with Crippen LogP contribution < -0.4 is 10.2 Å². The van der Waals surface area contributed by atoms with E-state index in [1.165, 1.54) is 30.4 Å². The van der Waals surface area contributed by atoms with Crippen molar-refractivity contribution in [3.05, 3.63) is 87.5 Å². The van der Waals surface area contributed by atoms with E-state index in [-0.39, 0.29) is 11.3 Å². The van der Waals surface area contributed by atoms with Crippen LogP contribution >= 0.6 is 0 Å². The SMILES string of the molecule is Cc1cccc(N2C(=O)NC(=O)C(=CC=Cc3ccccc3[N+](=O)[O-])C2=O)c1. The van der Waals surface area contributed by atoms with Crippen molar-refractivity contribution in [3.63, 3.8) is 0 Å². The maximum atomic E-state index is 12.7. The third-order valence-electron chi connectivity index (χ3n) is 4.03. The Morgan fingerprint density at radius 1 is 1.07 bits per heavy atom. The summed E-state index contributed by atoms with van der Waals surface area (Å²) in [5.41, 5.74) is 1.14. The topological polar surface area (TPSA) is 110 Å². The third kappa shape index (κ3) is 3.70. The van der Waals surface area contributed by atoms with E-state index < -0.39 is 22.8 Å². The summed E-state index contributed by atoms with van der Waals surface area (Å²) in [6.07, 6.45) is 4.00. The van der Waals surface area contributed by atoms with E-state index >= 15 is 0 Å². The number of para-hydroxylation sites is 1. The number of hydrogen-bond donors (Lipinski definition) is 1. The average Bonchev–Trinajstić information content (AvgIpc) is 2.64. The van der Waals surface area contributed by atoms with Crippen LogP contribution in [0.25, 0.3) is 6.08 Å². The highest BCUT2D eigenvalue weighted by atomic mass is 16.6. The van der Waals surface area contributed by atoms with Crippen molar-refractivity contribution in [1.82, 2.24) is 5.32 Å². The van der Waals surface area contributed by atoms with Crippen molar-refractivity contribution in [2.24, 2.45) is 0 Å². The maximum absolute atomic E-state index is 12.7. The molecule has 8 nitrogen and oxygen atoms in total. The molecule has 0 spiro atoms. The van der Waals surface area contributed by atoms with E-state index in [0.29, 0.717) is 11.3 Å². The van der Waals surface area contributed by atoms with Gasteiger partial charge in [0.05, 0.1) is 16.2 Å². The second-order valence-electron chi connectivity index (χ2n) is 5.99. The van der Waals surface area contributed by atoms with Crippen LogP contribution in [0.4, 0.5) is 16.2 Å². The molecule has 1 aliphatic rings. The highest BCUT2D eigenvalue weighted by Gasteiger charge is 2.36. The van der Waals surface area contributed by atoms with Crippen LogP contribution in [0.3, 0.4) is 0 Å². The lowest BCUT2D eigenvalue weighted by Crippen LogP contribution is -2.54. The van der Waals surface area contributed by atoms with Crippen LogP contribution in [0, 0.1) is 17.0 Å². The van der Waals surface area contributed by atoms with Gasteiger partial charge >= 0.3 is 6.03 Å². The first kappa shape index (κ1) is 18.7. The van der Waals surface area contributed by atoms with Crippen molar-refractivity contribution < 1.29 is 19.3 Å². The van der Waals surface area contributed by atoms with Crippen LogP contribution in [-0.4, -0.2) is 22.8 Å². The number of hydrogen-bond acceptors (Lipinski definition) is 5. The van der Waals surface area contributed by atoms with E-state index in [2.05, 4.69) is 5.32 Å². The van der Waals surface area contributed by atoms with Crippen LogP contribution in [0.1, 0.15) is 11.1 Å². The minimum Gasteiger partial charge on any atom is -0.273 e. The molecule has 1 N–H and O–H groups in total. The summed E-state index contributed by atoms with van der Waals surface area (Å²) in [6, 6.07) is 12.0. The van der Waals surface area contributed by atoms with Crippen molar-refractivity contribution in [1.29, 1.82) is 0 Å². The molecule has 1 heterocycles. The zero-order valence-corrected chi connectivity index (χ0v) is 14.8. The lowest BCUT2D eigenvalue weighted by Gasteiger charge is -2.26. The fourth-order valence-electron chi connectivity index (χ4n) is 2.72. The summed E-state index contributed by atoms with van der Waals surface area (Å²) in [4.78, 5) is 48.3. The third-order valence-corrected chi connectivity index (χ3v) is 4.03. The Morgan fingerprint density at radius 2 is 1.82 bits per heavy atom. The number of nitro benzene ring substituents is 1. The molecule has 0 aromatic heterocycles. The number of nitro groups is 1. The molecule has 140 valence electrons. The molecule has 0 aliphatic carbocycles. The van der Waals surface area contributed by atoms with Gasteiger partial charge in [-0.3, -0.25) is 25.0 Å². The Kier molecular flexibility index (Phi) is 5.12. The van der Waals surface area contributed by atoms with Gasteiger partial charge in [-0.2, -0.15) is 0 Å². The van der Waals surface area contributed by atoms with Crippen LogP contribution in [0.5, 0.6) is 0 Å². The number of allylic oxidation sites excluding steroid dienone is 2. The summed E-state index contributed by atoms with van der Waals surface area (Å²) in [7, 11) is 0. The molecule has 28 heavy (non-hydrogen) atoms. The highest BCUT2D eigenvalue weighted by Crippen LogP contribution is 2.22. The largest absolute Gasteiger partial charge is 0.335 e. The van der Waals surface area contributed by atoms with E-state index in [1.54, 1.807) is 30.3 Å². The molecular formula is C20H15N3O5. The molecule has 2 aromatic carbocycles. The van der Waals surface area contributed by atoms with E-state index in [0.717, 1.165) is 10.5 Å². The molecule has 0 bridgehead atoms. The van der Waals surface area contributed by atoms with Crippen LogP contribution in [0.2, 0.25) is 0 Å². The smallest absolute Gasteiger partial charge is 0.273 e. The molecule has 4 amide bonds. The number of barbiturate groups is 1. The fraction of sp³-hybridized carbons (Fsp3) is 0.0500. The van der Waals surface area contributed by atoms with Gasteiger partial charge in [-0.1, -0.05) is 30.3 Å². The first-order valence-electron chi connectivity index (χ1n) is 8.26. The van der Waals surface area contributed by atoms with Gasteiger partial charge < -0.3 is 0 Å². The number of carbonyl (C=O) groups is 3. The maximum Gasteiger partial charge on any atom is 0.335 e. The summed E-state index contributed by atoms with van der Waals surface area (Å²) in [5.74, 6) is -1.60.